The van der Waals surface area contributed by atoms with E-state index in [1.807, 2.05) is 16.7 Å². The van der Waals surface area contributed by atoms with Crippen LogP contribution in [0.25, 0.3) is 0 Å². The molecule has 0 spiro atoms. The van der Waals surface area contributed by atoms with E-state index in [-0.39, 0.29) is 17.7 Å². The van der Waals surface area contributed by atoms with Crippen molar-refractivity contribution in [2.24, 2.45) is 10.9 Å². The standard InChI is InChI=1S/C21H30F2N4O2S/c1-24-21(25-8-11-29-17-6-7-18(22)19(23)14-17)26-16-4-2-15(3-5-16)20(28)27-9-12-30-13-10-27/h6-7,14-16H,2-5,8-13H2,1H3,(H2,24,25,26). The molecule has 1 aromatic rings. The maximum Gasteiger partial charge on any atom is 0.225 e. The average molecular weight is 441 g/mol. The maximum atomic E-state index is 13.2. The first-order chi connectivity index (χ1) is 14.6. The van der Waals surface area contributed by atoms with Crippen LogP contribution in [0.2, 0.25) is 0 Å². The number of carbonyl (C=O) groups excluding carboxylic acids is 1. The quantitative estimate of drug-likeness (QED) is 0.405. The SMILES string of the molecule is CN=C(NCCOc1ccc(F)c(F)c1)NC1CCC(C(=O)N2CCSCC2)CC1. The van der Waals surface area contributed by atoms with Crippen LogP contribution in [0.3, 0.4) is 0 Å². The lowest BCUT2D eigenvalue weighted by atomic mass is 9.85. The summed E-state index contributed by atoms with van der Waals surface area (Å²) < 4.78 is 31.6. The van der Waals surface area contributed by atoms with Crippen molar-refractivity contribution in [2.45, 2.75) is 31.7 Å². The van der Waals surface area contributed by atoms with Crippen molar-refractivity contribution in [2.75, 3.05) is 44.8 Å². The number of aliphatic imine (C=N–C) groups is 1. The van der Waals surface area contributed by atoms with Gasteiger partial charge in [-0.3, -0.25) is 9.79 Å². The molecule has 0 bridgehead atoms. The second-order valence-electron chi connectivity index (χ2n) is 7.55. The van der Waals surface area contributed by atoms with Crippen LogP contribution in [0.15, 0.2) is 23.2 Å². The molecule has 9 heteroatoms. The van der Waals surface area contributed by atoms with Crippen molar-refractivity contribution >= 4 is 23.6 Å². The zero-order valence-electron chi connectivity index (χ0n) is 17.3. The smallest absolute Gasteiger partial charge is 0.225 e. The van der Waals surface area contributed by atoms with Crippen molar-refractivity contribution in [3.05, 3.63) is 29.8 Å². The van der Waals surface area contributed by atoms with Gasteiger partial charge in [-0.15, -0.1) is 0 Å². The summed E-state index contributed by atoms with van der Waals surface area (Å²) in [5, 5.41) is 6.57. The molecule has 166 valence electrons. The van der Waals surface area contributed by atoms with Gasteiger partial charge in [0, 0.05) is 49.7 Å². The second kappa shape index (κ2) is 11.4. The minimum atomic E-state index is -0.925. The number of thioether (sulfide) groups is 1. The minimum absolute atomic E-state index is 0.144. The molecule has 0 radical (unpaired) electrons. The molecule has 0 atom stereocenters. The summed E-state index contributed by atoms with van der Waals surface area (Å²) in [6, 6.07) is 3.76. The fourth-order valence-corrected chi connectivity index (χ4v) is 4.72. The van der Waals surface area contributed by atoms with Crippen molar-refractivity contribution in [3.63, 3.8) is 0 Å². The van der Waals surface area contributed by atoms with Crippen LogP contribution in [-0.4, -0.2) is 67.6 Å². The Kier molecular flexibility index (Phi) is 8.60. The first-order valence-electron chi connectivity index (χ1n) is 10.5. The summed E-state index contributed by atoms with van der Waals surface area (Å²) in [6.07, 6.45) is 3.67. The third kappa shape index (κ3) is 6.48. The Balaban J connectivity index is 1.35. The van der Waals surface area contributed by atoms with E-state index in [2.05, 4.69) is 15.6 Å². The molecule has 3 rings (SSSR count). The number of rotatable bonds is 6. The molecule has 2 fully saturated rings. The number of nitrogens with zero attached hydrogens (tertiary/aromatic N) is 2. The van der Waals surface area contributed by atoms with Gasteiger partial charge in [0.2, 0.25) is 5.91 Å². The van der Waals surface area contributed by atoms with Gasteiger partial charge in [0.15, 0.2) is 17.6 Å². The highest BCUT2D eigenvalue weighted by atomic mass is 32.2. The van der Waals surface area contributed by atoms with Gasteiger partial charge in [-0.25, -0.2) is 8.78 Å². The number of benzene rings is 1. The monoisotopic (exact) mass is 440 g/mol. The third-order valence-electron chi connectivity index (χ3n) is 5.52. The maximum absolute atomic E-state index is 13.2. The van der Waals surface area contributed by atoms with Gasteiger partial charge in [0.1, 0.15) is 12.4 Å². The van der Waals surface area contributed by atoms with E-state index < -0.39 is 11.6 Å². The lowest BCUT2D eigenvalue weighted by Crippen LogP contribution is -2.47. The lowest BCUT2D eigenvalue weighted by molar-refractivity contribution is -0.136. The molecule has 2 N–H and O–H groups in total. The Morgan fingerprint density at radius 3 is 2.60 bits per heavy atom. The fraction of sp³-hybridized carbons (Fsp3) is 0.619. The first kappa shape index (κ1) is 22.7. The van der Waals surface area contributed by atoms with E-state index in [0.717, 1.165) is 62.4 Å². The molecular formula is C21H30F2N4O2S. The molecule has 1 aliphatic carbocycles. The van der Waals surface area contributed by atoms with E-state index in [9.17, 15) is 13.6 Å². The summed E-state index contributed by atoms with van der Waals surface area (Å²) in [5.41, 5.74) is 0. The highest BCUT2D eigenvalue weighted by Gasteiger charge is 2.30. The van der Waals surface area contributed by atoms with Crippen LogP contribution in [-0.2, 0) is 4.79 Å². The number of hydrogen-bond donors (Lipinski definition) is 2. The Hall–Kier alpha value is -2.03. The van der Waals surface area contributed by atoms with Crippen molar-refractivity contribution in [1.82, 2.24) is 15.5 Å². The van der Waals surface area contributed by atoms with E-state index in [1.165, 1.54) is 6.07 Å². The molecule has 1 heterocycles. The fourth-order valence-electron chi connectivity index (χ4n) is 3.82. The molecule has 1 aliphatic heterocycles. The van der Waals surface area contributed by atoms with Crippen molar-refractivity contribution < 1.29 is 18.3 Å². The summed E-state index contributed by atoms with van der Waals surface area (Å²) in [7, 11) is 1.70. The Morgan fingerprint density at radius 2 is 1.93 bits per heavy atom. The predicted molar refractivity (Wildman–Crippen MR) is 116 cm³/mol. The molecule has 1 saturated carbocycles. The average Bonchev–Trinajstić information content (AvgIpc) is 2.78. The van der Waals surface area contributed by atoms with Gasteiger partial charge in [0.25, 0.3) is 0 Å². The molecule has 30 heavy (non-hydrogen) atoms. The molecule has 6 nitrogen and oxygen atoms in total. The van der Waals surface area contributed by atoms with Gasteiger partial charge in [-0.05, 0) is 37.8 Å². The van der Waals surface area contributed by atoms with Gasteiger partial charge < -0.3 is 20.3 Å². The topological polar surface area (TPSA) is 66.0 Å². The van der Waals surface area contributed by atoms with E-state index in [1.54, 1.807) is 7.05 Å². The largest absolute Gasteiger partial charge is 0.492 e. The molecule has 1 saturated heterocycles. The normalized spacial score (nSPS) is 22.5. The number of guanidine groups is 1. The minimum Gasteiger partial charge on any atom is -0.492 e. The molecule has 0 unspecified atom stereocenters. The predicted octanol–water partition coefficient (Wildman–Crippen LogP) is 2.64. The van der Waals surface area contributed by atoms with Crippen LogP contribution >= 0.6 is 11.8 Å². The van der Waals surface area contributed by atoms with Crippen molar-refractivity contribution in [1.29, 1.82) is 0 Å². The molecule has 1 amide bonds. The number of hydrogen-bond acceptors (Lipinski definition) is 4. The lowest BCUT2D eigenvalue weighted by Gasteiger charge is -2.34. The van der Waals surface area contributed by atoms with Crippen LogP contribution in [0.4, 0.5) is 8.78 Å². The van der Waals surface area contributed by atoms with Crippen LogP contribution < -0.4 is 15.4 Å². The Morgan fingerprint density at radius 1 is 1.20 bits per heavy atom. The van der Waals surface area contributed by atoms with Crippen LogP contribution in [0, 0.1) is 17.6 Å². The Labute approximate surface area is 180 Å². The number of halogens is 2. The summed E-state index contributed by atoms with van der Waals surface area (Å²) >= 11 is 1.92. The van der Waals surface area contributed by atoms with Gasteiger partial charge in [-0.1, -0.05) is 0 Å². The summed E-state index contributed by atoms with van der Waals surface area (Å²) in [4.78, 5) is 18.9. The van der Waals surface area contributed by atoms with Crippen molar-refractivity contribution in [3.8, 4) is 5.75 Å². The van der Waals surface area contributed by atoms with E-state index in [0.29, 0.717) is 25.0 Å². The van der Waals surface area contributed by atoms with Crippen LogP contribution in [0.1, 0.15) is 25.7 Å². The van der Waals surface area contributed by atoms with Gasteiger partial charge in [-0.2, -0.15) is 11.8 Å². The third-order valence-corrected chi connectivity index (χ3v) is 6.46. The van der Waals surface area contributed by atoms with Gasteiger partial charge in [0.05, 0.1) is 6.54 Å². The second-order valence-corrected chi connectivity index (χ2v) is 8.78. The molecular weight excluding hydrogens is 410 g/mol. The zero-order chi connectivity index (χ0) is 21.3. The summed E-state index contributed by atoms with van der Waals surface area (Å²) in [5.74, 6) is 1.70. The molecule has 0 aromatic heterocycles. The van der Waals surface area contributed by atoms with Crippen LogP contribution in [0.5, 0.6) is 5.75 Å². The Bertz CT molecular complexity index is 736. The zero-order valence-corrected chi connectivity index (χ0v) is 18.1. The number of carbonyl (C=O) groups is 1. The van der Waals surface area contributed by atoms with Gasteiger partial charge >= 0.3 is 0 Å². The number of amides is 1. The highest BCUT2D eigenvalue weighted by Crippen LogP contribution is 2.27. The van der Waals surface area contributed by atoms with E-state index >= 15 is 0 Å². The summed E-state index contributed by atoms with van der Waals surface area (Å²) in [6.45, 7) is 2.52. The first-order valence-corrected chi connectivity index (χ1v) is 11.6. The number of ether oxygens (including phenoxy) is 1. The van der Waals surface area contributed by atoms with E-state index in [4.69, 9.17) is 4.74 Å². The highest BCUT2D eigenvalue weighted by molar-refractivity contribution is 7.99. The molecule has 2 aliphatic rings. The number of nitrogens with one attached hydrogen (secondary N) is 2. The molecule has 1 aromatic carbocycles.